The number of aryl methyl sites for hydroxylation is 2. The standard InChI is InChI=1S/C11H10O4/c1-5-4-8(13)15-11-9(5)7(12)3-6(2)10(11)14/h3-4,12,14H,1-2H3. The van der Waals surface area contributed by atoms with Crippen molar-refractivity contribution >= 4 is 11.0 Å². The first-order valence-corrected chi connectivity index (χ1v) is 4.46. The number of phenols is 2. The predicted octanol–water partition coefficient (Wildman–Crippen LogP) is 1.82. The van der Waals surface area contributed by atoms with Gasteiger partial charge in [0.05, 0.1) is 5.39 Å². The number of benzene rings is 1. The summed E-state index contributed by atoms with van der Waals surface area (Å²) < 4.78 is 4.87. The van der Waals surface area contributed by atoms with Crippen molar-refractivity contribution in [1.29, 1.82) is 0 Å². The molecule has 0 unspecified atom stereocenters. The van der Waals surface area contributed by atoms with Crippen molar-refractivity contribution < 1.29 is 14.6 Å². The number of fused-ring (bicyclic) bond motifs is 1. The zero-order chi connectivity index (χ0) is 11.2. The molecule has 0 bridgehead atoms. The molecular formula is C11H10O4. The molecule has 0 fully saturated rings. The van der Waals surface area contributed by atoms with E-state index in [2.05, 4.69) is 0 Å². The largest absolute Gasteiger partial charge is 0.507 e. The summed E-state index contributed by atoms with van der Waals surface area (Å²) in [6, 6.07) is 2.71. The van der Waals surface area contributed by atoms with Gasteiger partial charge in [-0.3, -0.25) is 0 Å². The first-order chi connectivity index (χ1) is 7.00. The van der Waals surface area contributed by atoms with E-state index in [4.69, 9.17) is 4.42 Å². The Bertz CT molecular complexity index is 596. The van der Waals surface area contributed by atoms with E-state index < -0.39 is 5.63 Å². The van der Waals surface area contributed by atoms with Gasteiger partial charge in [-0.25, -0.2) is 4.79 Å². The summed E-state index contributed by atoms with van der Waals surface area (Å²) in [5.41, 5.74) is 0.542. The van der Waals surface area contributed by atoms with Crippen LogP contribution in [0, 0.1) is 13.8 Å². The Labute approximate surface area is 85.4 Å². The fraction of sp³-hybridized carbons (Fsp3) is 0.182. The third-order valence-electron chi connectivity index (χ3n) is 2.36. The third kappa shape index (κ3) is 1.34. The summed E-state index contributed by atoms with van der Waals surface area (Å²) in [5.74, 6) is -0.106. The maximum absolute atomic E-state index is 11.1. The van der Waals surface area contributed by atoms with Gasteiger partial charge in [-0.2, -0.15) is 0 Å². The Morgan fingerprint density at radius 2 is 1.80 bits per heavy atom. The lowest BCUT2D eigenvalue weighted by molar-refractivity contribution is 0.445. The van der Waals surface area contributed by atoms with Crippen LogP contribution in [0.1, 0.15) is 11.1 Å². The van der Waals surface area contributed by atoms with E-state index >= 15 is 0 Å². The minimum absolute atomic E-state index is 0.00144. The zero-order valence-corrected chi connectivity index (χ0v) is 8.37. The molecular weight excluding hydrogens is 196 g/mol. The van der Waals surface area contributed by atoms with Crippen LogP contribution in [0.3, 0.4) is 0 Å². The fourth-order valence-corrected chi connectivity index (χ4v) is 1.62. The molecule has 2 rings (SSSR count). The molecule has 0 aliphatic heterocycles. The molecule has 0 amide bonds. The number of hydrogen-bond donors (Lipinski definition) is 2. The van der Waals surface area contributed by atoms with Crippen molar-refractivity contribution in [2.75, 3.05) is 0 Å². The highest BCUT2D eigenvalue weighted by atomic mass is 16.4. The van der Waals surface area contributed by atoms with E-state index in [1.807, 2.05) is 0 Å². The molecule has 1 aromatic carbocycles. The molecule has 0 saturated carbocycles. The number of rotatable bonds is 0. The predicted molar refractivity (Wildman–Crippen MR) is 55.3 cm³/mol. The third-order valence-corrected chi connectivity index (χ3v) is 2.36. The van der Waals surface area contributed by atoms with Crippen LogP contribution >= 0.6 is 0 Å². The Morgan fingerprint density at radius 3 is 2.47 bits per heavy atom. The molecule has 78 valence electrons. The van der Waals surface area contributed by atoms with Crippen molar-refractivity contribution in [3.8, 4) is 11.5 Å². The van der Waals surface area contributed by atoms with E-state index in [0.29, 0.717) is 16.5 Å². The van der Waals surface area contributed by atoms with Gasteiger partial charge in [0.2, 0.25) is 0 Å². The number of phenolic OH excluding ortho intramolecular Hbond substituents is 2. The Kier molecular flexibility index (Phi) is 1.93. The zero-order valence-electron chi connectivity index (χ0n) is 8.37. The van der Waals surface area contributed by atoms with Gasteiger partial charge in [0.1, 0.15) is 5.75 Å². The summed E-state index contributed by atoms with van der Waals surface area (Å²) in [6.45, 7) is 3.30. The van der Waals surface area contributed by atoms with Crippen molar-refractivity contribution in [3.63, 3.8) is 0 Å². The lowest BCUT2D eigenvalue weighted by Crippen LogP contribution is -1.98. The topological polar surface area (TPSA) is 70.7 Å². The van der Waals surface area contributed by atoms with Gasteiger partial charge in [-0.15, -0.1) is 0 Å². The van der Waals surface area contributed by atoms with Gasteiger partial charge in [0, 0.05) is 6.07 Å². The second-order valence-corrected chi connectivity index (χ2v) is 3.51. The fourth-order valence-electron chi connectivity index (χ4n) is 1.62. The van der Waals surface area contributed by atoms with Crippen LogP contribution in [-0.4, -0.2) is 10.2 Å². The average molecular weight is 206 g/mol. The lowest BCUT2D eigenvalue weighted by Gasteiger charge is -2.06. The molecule has 1 aromatic heterocycles. The smallest absolute Gasteiger partial charge is 0.336 e. The SMILES string of the molecule is Cc1cc(O)c2c(C)cc(=O)oc2c1O. The van der Waals surface area contributed by atoms with Crippen molar-refractivity contribution in [2.45, 2.75) is 13.8 Å². The monoisotopic (exact) mass is 206 g/mol. The van der Waals surface area contributed by atoms with Crippen LogP contribution in [0.25, 0.3) is 11.0 Å². The molecule has 0 saturated heterocycles. The molecule has 2 aromatic rings. The van der Waals surface area contributed by atoms with Crippen molar-refractivity contribution in [3.05, 3.63) is 33.7 Å². The Hall–Kier alpha value is -1.97. The minimum atomic E-state index is -0.541. The minimum Gasteiger partial charge on any atom is -0.507 e. The van der Waals surface area contributed by atoms with Gasteiger partial charge >= 0.3 is 5.63 Å². The van der Waals surface area contributed by atoms with E-state index in [1.165, 1.54) is 12.1 Å². The second kappa shape index (κ2) is 3.02. The summed E-state index contributed by atoms with van der Waals surface area (Å²) in [5, 5.41) is 19.7. The van der Waals surface area contributed by atoms with Crippen LogP contribution in [-0.2, 0) is 0 Å². The van der Waals surface area contributed by atoms with Crippen LogP contribution in [0.15, 0.2) is 21.3 Å². The Morgan fingerprint density at radius 1 is 1.13 bits per heavy atom. The molecule has 4 heteroatoms. The van der Waals surface area contributed by atoms with E-state index in [1.54, 1.807) is 13.8 Å². The van der Waals surface area contributed by atoms with Gasteiger partial charge < -0.3 is 14.6 Å². The summed E-state index contributed by atoms with van der Waals surface area (Å²) in [6.07, 6.45) is 0. The summed E-state index contributed by atoms with van der Waals surface area (Å²) in [7, 11) is 0. The summed E-state index contributed by atoms with van der Waals surface area (Å²) >= 11 is 0. The van der Waals surface area contributed by atoms with E-state index in [-0.39, 0.29) is 17.1 Å². The molecule has 15 heavy (non-hydrogen) atoms. The van der Waals surface area contributed by atoms with Gasteiger partial charge in [-0.1, -0.05) is 0 Å². The highest BCUT2D eigenvalue weighted by Gasteiger charge is 2.13. The molecule has 0 spiro atoms. The highest BCUT2D eigenvalue weighted by molar-refractivity contribution is 5.91. The highest BCUT2D eigenvalue weighted by Crippen LogP contribution is 2.35. The van der Waals surface area contributed by atoms with Crippen molar-refractivity contribution in [2.24, 2.45) is 0 Å². The number of aromatic hydroxyl groups is 2. The molecule has 4 nitrogen and oxygen atoms in total. The van der Waals surface area contributed by atoms with Crippen LogP contribution in [0.5, 0.6) is 11.5 Å². The van der Waals surface area contributed by atoms with Gasteiger partial charge in [0.15, 0.2) is 11.3 Å². The molecule has 0 radical (unpaired) electrons. The second-order valence-electron chi connectivity index (χ2n) is 3.51. The number of hydrogen-bond acceptors (Lipinski definition) is 4. The quantitative estimate of drug-likeness (QED) is 0.509. The van der Waals surface area contributed by atoms with Crippen molar-refractivity contribution in [1.82, 2.24) is 0 Å². The molecule has 0 atom stereocenters. The molecule has 0 aliphatic rings. The summed E-state index contributed by atoms with van der Waals surface area (Å²) in [4.78, 5) is 11.1. The first-order valence-electron chi connectivity index (χ1n) is 4.46. The van der Waals surface area contributed by atoms with E-state index in [9.17, 15) is 15.0 Å². The normalized spacial score (nSPS) is 10.8. The van der Waals surface area contributed by atoms with Gasteiger partial charge in [0.25, 0.3) is 0 Å². The molecule has 2 N–H and O–H groups in total. The van der Waals surface area contributed by atoms with Crippen LogP contribution in [0.2, 0.25) is 0 Å². The maximum Gasteiger partial charge on any atom is 0.336 e. The molecule has 0 aliphatic carbocycles. The average Bonchev–Trinajstić information content (AvgIpc) is 2.12. The van der Waals surface area contributed by atoms with Crippen LogP contribution in [0.4, 0.5) is 0 Å². The Balaban J connectivity index is 3.09. The first kappa shape index (κ1) is 9.58. The maximum atomic E-state index is 11.1. The lowest BCUT2D eigenvalue weighted by atomic mass is 10.1. The molecule has 1 heterocycles. The van der Waals surface area contributed by atoms with E-state index in [0.717, 1.165) is 0 Å². The van der Waals surface area contributed by atoms with Crippen LogP contribution < -0.4 is 5.63 Å². The van der Waals surface area contributed by atoms with Gasteiger partial charge in [-0.05, 0) is 31.0 Å².